The molecule has 2 unspecified atom stereocenters. The van der Waals surface area contributed by atoms with Crippen molar-refractivity contribution in [2.45, 2.75) is 38.6 Å². The van der Waals surface area contributed by atoms with Crippen LogP contribution in [0, 0.1) is 5.92 Å². The van der Waals surface area contributed by atoms with Crippen molar-refractivity contribution in [3.05, 3.63) is 28.5 Å². The van der Waals surface area contributed by atoms with Crippen LogP contribution in [0.25, 0.3) is 0 Å². The highest BCUT2D eigenvalue weighted by atomic mass is 79.9. The van der Waals surface area contributed by atoms with Crippen molar-refractivity contribution in [2.24, 2.45) is 5.92 Å². The second kappa shape index (κ2) is 5.83. The van der Waals surface area contributed by atoms with Gasteiger partial charge in [-0.05, 0) is 46.8 Å². The minimum absolute atomic E-state index is 0.0153. The molecule has 0 aromatic carbocycles. The molecule has 18 heavy (non-hydrogen) atoms. The molecule has 0 spiro atoms. The molecule has 1 fully saturated rings. The fraction of sp³-hybridized carbons (Fsp3) is 0.571. The fourth-order valence-electron chi connectivity index (χ4n) is 2.63. The maximum absolute atomic E-state index is 12.4. The topological polar surface area (TPSA) is 33.2 Å². The zero-order valence-corrected chi connectivity index (χ0v) is 12.5. The van der Waals surface area contributed by atoms with Crippen molar-refractivity contribution in [2.75, 3.05) is 7.05 Å². The summed E-state index contributed by atoms with van der Waals surface area (Å²) in [5.74, 6) is 0.729. The number of hydrogen-bond donors (Lipinski definition) is 0. The van der Waals surface area contributed by atoms with Crippen molar-refractivity contribution < 1.29 is 4.79 Å². The Balaban J connectivity index is 2.11. The SMILES string of the molecule is CC1CCCC(N(C)C(=O)c2ncccc2Br)C1. The van der Waals surface area contributed by atoms with E-state index in [0.717, 1.165) is 17.3 Å². The highest BCUT2D eigenvalue weighted by Crippen LogP contribution is 2.28. The number of carbonyl (C=O) groups excluding carboxylic acids is 1. The number of nitrogens with zero attached hydrogens (tertiary/aromatic N) is 2. The van der Waals surface area contributed by atoms with Gasteiger partial charge in [-0.3, -0.25) is 4.79 Å². The van der Waals surface area contributed by atoms with Crippen molar-refractivity contribution in [1.29, 1.82) is 0 Å². The van der Waals surface area contributed by atoms with Crippen molar-refractivity contribution in [3.63, 3.8) is 0 Å². The monoisotopic (exact) mass is 310 g/mol. The van der Waals surface area contributed by atoms with Crippen LogP contribution in [0.15, 0.2) is 22.8 Å². The molecular weight excluding hydrogens is 292 g/mol. The standard InChI is InChI=1S/C14H19BrN2O/c1-10-5-3-6-11(9-10)17(2)14(18)13-12(15)7-4-8-16-13/h4,7-8,10-11H,3,5-6,9H2,1-2H3. The first kappa shape index (κ1) is 13.5. The molecule has 0 saturated heterocycles. The van der Waals surface area contributed by atoms with Crippen LogP contribution in [0.2, 0.25) is 0 Å². The maximum atomic E-state index is 12.4. The van der Waals surface area contributed by atoms with Crippen molar-refractivity contribution >= 4 is 21.8 Å². The lowest BCUT2D eigenvalue weighted by Gasteiger charge is -2.34. The molecular formula is C14H19BrN2O. The van der Waals surface area contributed by atoms with Gasteiger partial charge in [0, 0.05) is 23.8 Å². The van der Waals surface area contributed by atoms with Gasteiger partial charge >= 0.3 is 0 Å². The number of amides is 1. The predicted octanol–water partition coefficient (Wildman–Crippen LogP) is 3.49. The van der Waals surface area contributed by atoms with Gasteiger partial charge in [0.15, 0.2) is 0 Å². The number of pyridine rings is 1. The number of aromatic nitrogens is 1. The van der Waals surface area contributed by atoms with E-state index in [9.17, 15) is 4.79 Å². The highest BCUT2D eigenvalue weighted by Gasteiger charge is 2.27. The quantitative estimate of drug-likeness (QED) is 0.837. The Morgan fingerprint density at radius 2 is 2.28 bits per heavy atom. The maximum Gasteiger partial charge on any atom is 0.273 e. The van der Waals surface area contributed by atoms with Gasteiger partial charge in [-0.25, -0.2) is 4.98 Å². The Kier molecular flexibility index (Phi) is 4.38. The lowest BCUT2D eigenvalue weighted by atomic mass is 9.86. The highest BCUT2D eigenvalue weighted by molar-refractivity contribution is 9.10. The van der Waals surface area contributed by atoms with Crippen LogP contribution in [-0.4, -0.2) is 28.9 Å². The predicted molar refractivity (Wildman–Crippen MR) is 75.5 cm³/mol. The van der Waals surface area contributed by atoms with E-state index in [1.807, 2.05) is 24.1 Å². The van der Waals surface area contributed by atoms with Crippen molar-refractivity contribution in [1.82, 2.24) is 9.88 Å². The third-order valence-corrected chi connectivity index (χ3v) is 4.38. The number of halogens is 1. The van der Waals surface area contributed by atoms with E-state index in [-0.39, 0.29) is 5.91 Å². The summed E-state index contributed by atoms with van der Waals surface area (Å²) in [6.45, 7) is 2.27. The van der Waals surface area contributed by atoms with Crippen LogP contribution in [0.5, 0.6) is 0 Å². The molecule has 1 aromatic rings. The summed E-state index contributed by atoms with van der Waals surface area (Å²) in [4.78, 5) is 18.4. The normalized spacial score (nSPS) is 23.7. The lowest BCUT2D eigenvalue weighted by molar-refractivity contribution is 0.0665. The van der Waals surface area contributed by atoms with E-state index in [0.29, 0.717) is 17.7 Å². The average Bonchev–Trinajstić information content (AvgIpc) is 2.37. The smallest absolute Gasteiger partial charge is 0.273 e. The van der Waals surface area contributed by atoms with Gasteiger partial charge in [0.1, 0.15) is 5.69 Å². The Hall–Kier alpha value is -0.900. The molecule has 0 N–H and O–H groups in total. The molecule has 1 saturated carbocycles. The van der Waals surface area contributed by atoms with E-state index in [1.165, 1.54) is 12.8 Å². The number of carbonyl (C=O) groups is 1. The second-order valence-corrected chi connectivity index (χ2v) is 6.03. The summed E-state index contributed by atoms with van der Waals surface area (Å²) >= 11 is 3.39. The van der Waals surface area contributed by atoms with Crippen LogP contribution in [0.3, 0.4) is 0 Å². The summed E-state index contributed by atoms with van der Waals surface area (Å²) in [5, 5.41) is 0. The number of hydrogen-bond acceptors (Lipinski definition) is 2. The summed E-state index contributed by atoms with van der Waals surface area (Å²) < 4.78 is 0.769. The Labute approximate surface area is 117 Å². The molecule has 0 radical (unpaired) electrons. The lowest BCUT2D eigenvalue weighted by Crippen LogP contribution is -2.40. The molecule has 1 aliphatic carbocycles. The van der Waals surface area contributed by atoms with E-state index < -0.39 is 0 Å². The van der Waals surface area contributed by atoms with Gasteiger partial charge in [-0.15, -0.1) is 0 Å². The first-order chi connectivity index (χ1) is 8.59. The van der Waals surface area contributed by atoms with Gasteiger partial charge in [-0.2, -0.15) is 0 Å². The van der Waals surface area contributed by atoms with E-state index in [4.69, 9.17) is 0 Å². The van der Waals surface area contributed by atoms with Gasteiger partial charge in [-0.1, -0.05) is 19.8 Å². The summed E-state index contributed by atoms with van der Waals surface area (Å²) in [6, 6.07) is 4.04. The Bertz CT molecular complexity index is 436. The summed E-state index contributed by atoms with van der Waals surface area (Å²) in [7, 11) is 1.90. The zero-order valence-electron chi connectivity index (χ0n) is 10.9. The molecule has 2 atom stereocenters. The van der Waals surface area contributed by atoms with Crippen LogP contribution in [-0.2, 0) is 0 Å². The third-order valence-electron chi connectivity index (χ3n) is 3.74. The molecule has 0 bridgehead atoms. The van der Waals surface area contributed by atoms with E-state index in [1.54, 1.807) is 6.20 Å². The zero-order chi connectivity index (χ0) is 13.1. The van der Waals surface area contributed by atoms with Crippen LogP contribution < -0.4 is 0 Å². The fourth-order valence-corrected chi connectivity index (χ4v) is 3.05. The largest absolute Gasteiger partial charge is 0.337 e. The van der Waals surface area contributed by atoms with Gasteiger partial charge < -0.3 is 4.90 Å². The summed E-state index contributed by atoms with van der Waals surface area (Å²) in [5.41, 5.74) is 0.512. The second-order valence-electron chi connectivity index (χ2n) is 5.18. The average molecular weight is 311 g/mol. The third kappa shape index (κ3) is 2.91. The molecule has 0 aliphatic heterocycles. The van der Waals surface area contributed by atoms with Crippen LogP contribution in [0.4, 0.5) is 0 Å². The van der Waals surface area contributed by atoms with Gasteiger partial charge in [0.2, 0.25) is 0 Å². The molecule has 98 valence electrons. The van der Waals surface area contributed by atoms with E-state index >= 15 is 0 Å². The van der Waals surface area contributed by atoms with Gasteiger partial charge in [0.25, 0.3) is 5.91 Å². The Morgan fingerprint density at radius 3 is 2.94 bits per heavy atom. The minimum atomic E-state index is 0.0153. The number of rotatable bonds is 2. The molecule has 4 heteroatoms. The van der Waals surface area contributed by atoms with Crippen LogP contribution >= 0.6 is 15.9 Å². The first-order valence-electron chi connectivity index (χ1n) is 6.47. The Morgan fingerprint density at radius 1 is 1.50 bits per heavy atom. The molecule has 1 heterocycles. The van der Waals surface area contributed by atoms with Gasteiger partial charge in [0.05, 0.1) is 0 Å². The summed E-state index contributed by atoms with van der Waals surface area (Å²) in [6.07, 6.45) is 6.37. The molecule has 1 aliphatic rings. The molecule has 1 amide bonds. The molecule has 3 nitrogen and oxygen atoms in total. The van der Waals surface area contributed by atoms with Crippen molar-refractivity contribution in [3.8, 4) is 0 Å². The molecule has 2 rings (SSSR count). The first-order valence-corrected chi connectivity index (χ1v) is 7.26. The van der Waals surface area contributed by atoms with Crippen LogP contribution in [0.1, 0.15) is 43.1 Å². The molecule has 1 aromatic heterocycles. The minimum Gasteiger partial charge on any atom is -0.337 e. The van der Waals surface area contributed by atoms with E-state index in [2.05, 4.69) is 27.8 Å².